The van der Waals surface area contributed by atoms with Crippen molar-refractivity contribution in [3.05, 3.63) is 63.7 Å². The van der Waals surface area contributed by atoms with E-state index in [1.165, 1.54) is 16.7 Å². The molecule has 0 aliphatic carbocycles. The fourth-order valence-corrected chi connectivity index (χ4v) is 3.73. The predicted molar refractivity (Wildman–Crippen MR) is 100 cm³/mol. The van der Waals surface area contributed by atoms with E-state index in [1.54, 1.807) is 7.11 Å². The van der Waals surface area contributed by atoms with Gasteiger partial charge in [0.25, 0.3) is 0 Å². The molecular formula is C20H25ClN2O. The summed E-state index contributed by atoms with van der Waals surface area (Å²) in [5, 5.41) is 4.18. The molecule has 0 aromatic heterocycles. The molecular weight excluding hydrogens is 320 g/mol. The third kappa shape index (κ3) is 3.59. The molecule has 2 aromatic rings. The summed E-state index contributed by atoms with van der Waals surface area (Å²) < 4.78 is 5.66. The van der Waals surface area contributed by atoms with E-state index < -0.39 is 0 Å². The molecule has 0 radical (unpaired) electrons. The van der Waals surface area contributed by atoms with E-state index in [4.69, 9.17) is 16.3 Å². The fourth-order valence-electron chi connectivity index (χ4n) is 3.55. The largest absolute Gasteiger partial charge is 0.496 e. The molecule has 1 N–H and O–H groups in total. The number of benzene rings is 2. The third-order valence-corrected chi connectivity index (χ3v) is 4.96. The lowest BCUT2D eigenvalue weighted by molar-refractivity contribution is 0.195. The van der Waals surface area contributed by atoms with E-state index in [0.29, 0.717) is 0 Å². The summed E-state index contributed by atoms with van der Waals surface area (Å²) >= 11 is 6.32. The van der Waals surface area contributed by atoms with E-state index >= 15 is 0 Å². The Balaban J connectivity index is 2.13. The van der Waals surface area contributed by atoms with Crippen molar-refractivity contribution in [1.29, 1.82) is 0 Å². The number of ether oxygens (including phenoxy) is 1. The Morgan fingerprint density at radius 2 is 1.79 bits per heavy atom. The maximum atomic E-state index is 6.32. The molecule has 24 heavy (non-hydrogen) atoms. The highest BCUT2D eigenvalue weighted by Gasteiger charge is 2.27. The summed E-state index contributed by atoms with van der Waals surface area (Å²) in [6.45, 7) is 8.35. The monoisotopic (exact) mass is 344 g/mol. The van der Waals surface area contributed by atoms with Gasteiger partial charge in [0.05, 0.1) is 13.2 Å². The molecule has 1 heterocycles. The molecule has 0 amide bonds. The minimum absolute atomic E-state index is 0.154. The van der Waals surface area contributed by atoms with E-state index in [9.17, 15) is 0 Å². The van der Waals surface area contributed by atoms with Gasteiger partial charge in [-0.2, -0.15) is 0 Å². The van der Waals surface area contributed by atoms with Crippen molar-refractivity contribution in [2.24, 2.45) is 0 Å². The lowest BCUT2D eigenvalue weighted by Crippen LogP contribution is -2.45. The van der Waals surface area contributed by atoms with Crippen molar-refractivity contribution < 1.29 is 4.74 Å². The number of methoxy groups -OCH3 is 1. The second kappa shape index (κ2) is 7.56. The van der Waals surface area contributed by atoms with Crippen LogP contribution in [0, 0.1) is 13.8 Å². The van der Waals surface area contributed by atoms with Gasteiger partial charge in [-0.05, 0) is 43.2 Å². The van der Waals surface area contributed by atoms with Crippen LogP contribution in [0.2, 0.25) is 5.02 Å². The van der Waals surface area contributed by atoms with E-state index in [2.05, 4.69) is 42.3 Å². The van der Waals surface area contributed by atoms with Crippen LogP contribution in [-0.2, 0) is 0 Å². The minimum Gasteiger partial charge on any atom is -0.496 e. The molecule has 4 heteroatoms. The van der Waals surface area contributed by atoms with Gasteiger partial charge in [-0.15, -0.1) is 0 Å². The maximum Gasteiger partial charge on any atom is 0.124 e. The summed E-state index contributed by atoms with van der Waals surface area (Å²) in [4.78, 5) is 2.52. The summed E-state index contributed by atoms with van der Waals surface area (Å²) in [6.07, 6.45) is 0. The van der Waals surface area contributed by atoms with Gasteiger partial charge < -0.3 is 10.1 Å². The van der Waals surface area contributed by atoms with Crippen molar-refractivity contribution in [3.63, 3.8) is 0 Å². The van der Waals surface area contributed by atoms with Crippen LogP contribution in [-0.4, -0.2) is 38.2 Å². The Hall–Kier alpha value is -1.55. The molecule has 1 aliphatic heterocycles. The summed E-state index contributed by atoms with van der Waals surface area (Å²) in [6, 6.07) is 12.7. The molecule has 1 atom stereocenters. The van der Waals surface area contributed by atoms with E-state index in [-0.39, 0.29) is 6.04 Å². The molecule has 3 nitrogen and oxygen atoms in total. The zero-order valence-corrected chi connectivity index (χ0v) is 15.4. The molecule has 1 aliphatic rings. The molecule has 0 bridgehead atoms. The molecule has 3 rings (SSSR count). The summed E-state index contributed by atoms with van der Waals surface area (Å²) in [5.41, 5.74) is 5.05. The van der Waals surface area contributed by atoms with Gasteiger partial charge in [0, 0.05) is 36.8 Å². The van der Waals surface area contributed by atoms with Crippen LogP contribution in [0.3, 0.4) is 0 Å². The van der Waals surface area contributed by atoms with E-state index in [1.807, 2.05) is 18.2 Å². The molecule has 2 aromatic carbocycles. The van der Waals surface area contributed by atoms with Gasteiger partial charge in [-0.3, -0.25) is 4.90 Å². The average molecular weight is 345 g/mol. The van der Waals surface area contributed by atoms with Gasteiger partial charge >= 0.3 is 0 Å². The first kappa shape index (κ1) is 17.3. The van der Waals surface area contributed by atoms with E-state index in [0.717, 1.165) is 42.5 Å². The number of aryl methyl sites for hydroxylation is 2. The van der Waals surface area contributed by atoms with Crippen LogP contribution < -0.4 is 10.1 Å². The molecule has 128 valence electrons. The van der Waals surface area contributed by atoms with Crippen molar-refractivity contribution in [2.75, 3.05) is 33.3 Å². The first-order valence-corrected chi connectivity index (χ1v) is 8.83. The standard InChI is InChI=1S/C20H25ClN2O/c1-14-4-6-17(15(2)12-14)20(23-10-8-22-9-11-23)18-13-16(21)5-7-19(18)24-3/h4-7,12-13,20,22H,8-11H2,1-3H3. The Labute approximate surface area is 149 Å². The second-order valence-electron chi connectivity index (χ2n) is 6.43. The normalized spacial score (nSPS) is 16.8. The number of halogens is 1. The first-order valence-electron chi connectivity index (χ1n) is 8.45. The van der Waals surface area contributed by atoms with Crippen molar-refractivity contribution in [1.82, 2.24) is 10.2 Å². The SMILES string of the molecule is COc1ccc(Cl)cc1C(c1ccc(C)cc1C)N1CCNCC1. The van der Waals surface area contributed by atoms with Gasteiger partial charge in [0.15, 0.2) is 0 Å². The molecule has 1 fully saturated rings. The highest BCUT2D eigenvalue weighted by atomic mass is 35.5. The van der Waals surface area contributed by atoms with Gasteiger partial charge in [0.2, 0.25) is 0 Å². The van der Waals surface area contributed by atoms with Crippen LogP contribution in [0.25, 0.3) is 0 Å². The number of piperazine rings is 1. The zero-order chi connectivity index (χ0) is 17.1. The van der Waals surface area contributed by atoms with Crippen LogP contribution in [0.4, 0.5) is 0 Å². The predicted octanol–water partition coefficient (Wildman–Crippen LogP) is 3.96. The van der Waals surface area contributed by atoms with Crippen LogP contribution in [0.5, 0.6) is 5.75 Å². The molecule has 1 unspecified atom stereocenters. The first-order chi connectivity index (χ1) is 11.6. The van der Waals surface area contributed by atoms with Crippen LogP contribution >= 0.6 is 11.6 Å². The molecule has 0 saturated carbocycles. The Kier molecular flexibility index (Phi) is 5.44. The Morgan fingerprint density at radius 3 is 2.46 bits per heavy atom. The van der Waals surface area contributed by atoms with Crippen molar-refractivity contribution in [2.45, 2.75) is 19.9 Å². The number of nitrogens with zero attached hydrogens (tertiary/aromatic N) is 1. The Morgan fingerprint density at radius 1 is 1.04 bits per heavy atom. The number of hydrogen-bond donors (Lipinski definition) is 1. The third-order valence-electron chi connectivity index (χ3n) is 4.72. The number of nitrogens with one attached hydrogen (secondary N) is 1. The topological polar surface area (TPSA) is 24.5 Å². The lowest BCUT2D eigenvalue weighted by atomic mass is 9.91. The average Bonchev–Trinajstić information content (AvgIpc) is 2.58. The van der Waals surface area contributed by atoms with Crippen molar-refractivity contribution >= 4 is 11.6 Å². The highest BCUT2D eigenvalue weighted by Crippen LogP contribution is 2.38. The second-order valence-corrected chi connectivity index (χ2v) is 6.87. The zero-order valence-electron chi connectivity index (χ0n) is 14.6. The quantitative estimate of drug-likeness (QED) is 0.908. The van der Waals surface area contributed by atoms with Crippen LogP contribution in [0.15, 0.2) is 36.4 Å². The summed E-state index contributed by atoms with van der Waals surface area (Å²) in [5.74, 6) is 0.892. The lowest BCUT2D eigenvalue weighted by Gasteiger charge is -2.37. The van der Waals surface area contributed by atoms with Gasteiger partial charge in [-0.1, -0.05) is 35.4 Å². The van der Waals surface area contributed by atoms with Crippen LogP contribution in [0.1, 0.15) is 28.3 Å². The number of rotatable bonds is 4. The minimum atomic E-state index is 0.154. The molecule has 1 saturated heterocycles. The maximum absolute atomic E-state index is 6.32. The molecule has 0 spiro atoms. The van der Waals surface area contributed by atoms with Gasteiger partial charge in [0.1, 0.15) is 5.75 Å². The Bertz CT molecular complexity index is 711. The van der Waals surface area contributed by atoms with Crippen molar-refractivity contribution in [3.8, 4) is 5.75 Å². The smallest absolute Gasteiger partial charge is 0.124 e. The number of hydrogen-bond acceptors (Lipinski definition) is 3. The van der Waals surface area contributed by atoms with Gasteiger partial charge in [-0.25, -0.2) is 0 Å². The fraction of sp³-hybridized carbons (Fsp3) is 0.400. The highest BCUT2D eigenvalue weighted by molar-refractivity contribution is 6.30. The summed E-state index contributed by atoms with van der Waals surface area (Å²) in [7, 11) is 1.73.